The minimum atomic E-state index is -1.16. The summed E-state index contributed by atoms with van der Waals surface area (Å²) < 4.78 is 0. The summed E-state index contributed by atoms with van der Waals surface area (Å²) in [6.07, 6.45) is 0.479. The van der Waals surface area contributed by atoms with Gasteiger partial charge < -0.3 is 10.4 Å². The molecule has 3 heteroatoms. The molecule has 0 aliphatic heterocycles. The number of hydrogen-bond donors (Lipinski definition) is 2. The molecule has 0 bridgehead atoms. The quantitative estimate of drug-likeness (QED) is 0.583. The van der Waals surface area contributed by atoms with E-state index < -0.39 is 5.60 Å². The number of aliphatic hydroxyl groups is 1. The van der Waals surface area contributed by atoms with E-state index in [-0.39, 0.29) is 5.92 Å². The number of nitrogens with one attached hydrogen (secondary N) is 1. The van der Waals surface area contributed by atoms with E-state index in [1.54, 1.807) is 0 Å². The molecule has 0 aromatic rings. The predicted molar refractivity (Wildman–Crippen MR) is 43.9 cm³/mol. The zero-order valence-electron chi connectivity index (χ0n) is 7.39. The van der Waals surface area contributed by atoms with Crippen LogP contribution in [0, 0.1) is 17.2 Å². The van der Waals surface area contributed by atoms with Crippen LogP contribution in [0.25, 0.3) is 0 Å². The van der Waals surface area contributed by atoms with Gasteiger partial charge in [0.15, 0.2) is 5.60 Å². The Bertz CT molecular complexity index is 153. The summed E-state index contributed by atoms with van der Waals surface area (Å²) in [5, 5.41) is 21.2. The van der Waals surface area contributed by atoms with Gasteiger partial charge >= 0.3 is 0 Å². The molecule has 2 unspecified atom stereocenters. The fraction of sp³-hybridized carbons (Fsp3) is 0.875. The molecule has 0 spiro atoms. The molecule has 0 rings (SSSR count). The van der Waals surface area contributed by atoms with Gasteiger partial charge in [-0.3, -0.25) is 0 Å². The maximum absolute atomic E-state index is 9.63. The molecule has 0 aliphatic carbocycles. The van der Waals surface area contributed by atoms with E-state index in [1.165, 1.54) is 0 Å². The SMILES string of the molecule is CCC(O)(C#N)C(C)CNC. The third kappa shape index (κ3) is 2.49. The average molecular weight is 156 g/mol. The second-order valence-electron chi connectivity index (χ2n) is 2.85. The Hall–Kier alpha value is -0.590. The molecule has 0 radical (unpaired) electrons. The Labute approximate surface area is 68.0 Å². The Balaban J connectivity index is 4.15. The fourth-order valence-corrected chi connectivity index (χ4v) is 1.01. The second kappa shape index (κ2) is 4.32. The van der Waals surface area contributed by atoms with Crippen LogP contribution in [0.3, 0.4) is 0 Å². The first-order valence-corrected chi connectivity index (χ1v) is 3.89. The zero-order chi connectivity index (χ0) is 8.91. The smallest absolute Gasteiger partial charge is 0.154 e. The molecule has 2 atom stereocenters. The van der Waals surface area contributed by atoms with E-state index in [0.717, 1.165) is 0 Å². The molecule has 0 heterocycles. The van der Waals surface area contributed by atoms with Gasteiger partial charge in [0.25, 0.3) is 0 Å². The van der Waals surface area contributed by atoms with Crippen LogP contribution in [0.2, 0.25) is 0 Å². The normalized spacial score (nSPS) is 18.5. The van der Waals surface area contributed by atoms with E-state index in [9.17, 15) is 5.11 Å². The van der Waals surface area contributed by atoms with Crippen molar-refractivity contribution in [1.29, 1.82) is 5.26 Å². The highest BCUT2D eigenvalue weighted by molar-refractivity contribution is 5.02. The van der Waals surface area contributed by atoms with Crippen molar-refractivity contribution in [1.82, 2.24) is 5.32 Å². The van der Waals surface area contributed by atoms with Crippen LogP contribution in [0.5, 0.6) is 0 Å². The van der Waals surface area contributed by atoms with Crippen LogP contribution >= 0.6 is 0 Å². The van der Waals surface area contributed by atoms with Gasteiger partial charge in [-0.05, 0) is 13.5 Å². The molecule has 2 N–H and O–H groups in total. The van der Waals surface area contributed by atoms with Gasteiger partial charge in [0, 0.05) is 12.5 Å². The summed E-state index contributed by atoms with van der Waals surface area (Å²) in [5.74, 6) is -0.0255. The van der Waals surface area contributed by atoms with E-state index >= 15 is 0 Å². The summed E-state index contributed by atoms with van der Waals surface area (Å²) in [7, 11) is 1.81. The summed E-state index contributed by atoms with van der Waals surface area (Å²) in [4.78, 5) is 0. The molecule has 0 aliphatic rings. The summed E-state index contributed by atoms with van der Waals surface area (Å²) in [6, 6.07) is 1.93. The van der Waals surface area contributed by atoms with Gasteiger partial charge in [0.1, 0.15) is 0 Å². The number of nitrogens with zero attached hydrogens (tertiary/aromatic N) is 1. The van der Waals surface area contributed by atoms with Crippen molar-refractivity contribution in [2.45, 2.75) is 25.9 Å². The zero-order valence-corrected chi connectivity index (χ0v) is 7.39. The summed E-state index contributed by atoms with van der Waals surface area (Å²) in [6.45, 7) is 4.34. The standard InChI is InChI=1S/C8H16N2O/c1-4-8(11,6-9)7(2)5-10-3/h7,10-11H,4-5H2,1-3H3. The number of nitriles is 1. The average Bonchev–Trinajstić information content (AvgIpc) is 2.03. The van der Waals surface area contributed by atoms with Crippen molar-refractivity contribution in [3.8, 4) is 6.07 Å². The molecule has 0 saturated heterocycles. The third-order valence-corrected chi connectivity index (χ3v) is 2.06. The molecule has 0 fully saturated rings. The molecular formula is C8H16N2O. The lowest BCUT2D eigenvalue weighted by molar-refractivity contribution is 0.0404. The lowest BCUT2D eigenvalue weighted by Crippen LogP contribution is -2.39. The molecule has 0 amide bonds. The van der Waals surface area contributed by atoms with E-state index in [4.69, 9.17) is 5.26 Å². The summed E-state index contributed by atoms with van der Waals surface area (Å²) >= 11 is 0. The van der Waals surface area contributed by atoms with E-state index in [1.807, 2.05) is 27.0 Å². The number of rotatable bonds is 4. The molecule has 64 valence electrons. The maximum atomic E-state index is 9.63. The van der Waals surface area contributed by atoms with Crippen molar-refractivity contribution in [2.75, 3.05) is 13.6 Å². The predicted octanol–water partition coefficient (Wildman–Crippen LogP) is 0.507. The van der Waals surface area contributed by atoms with Gasteiger partial charge in [0.05, 0.1) is 6.07 Å². The Morgan fingerprint density at radius 3 is 2.55 bits per heavy atom. The van der Waals surface area contributed by atoms with Crippen molar-refractivity contribution in [3.05, 3.63) is 0 Å². The minimum absolute atomic E-state index is 0.0255. The van der Waals surface area contributed by atoms with Crippen molar-refractivity contribution in [2.24, 2.45) is 5.92 Å². The van der Waals surface area contributed by atoms with Crippen LogP contribution in [0.4, 0.5) is 0 Å². The van der Waals surface area contributed by atoms with Crippen molar-refractivity contribution >= 4 is 0 Å². The van der Waals surface area contributed by atoms with Crippen LogP contribution in [-0.4, -0.2) is 24.3 Å². The highest BCUT2D eigenvalue weighted by Crippen LogP contribution is 2.19. The first kappa shape index (κ1) is 10.4. The molecule has 3 nitrogen and oxygen atoms in total. The molecule has 0 aromatic heterocycles. The maximum Gasteiger partial charge on any atom is 0.154 e. The first-order chi connectivity index (χ1) is 5.10. The highest BCUT2D eigenvalue weighted by atomic mass is 16.3. The van der Waals surface area contributed by atoms with E-state index in [2.05, 4.69) is 5.32 Å². The monoisotopic (exact) mass is 156 g/mol. The molecule has 0 saturated carbocycles. The van der Waals surface area contributed by atoms with Crippen molar-refractivity contribution < 1.29 is 5.11 Å². The lowest BCUT2D eigenvalue weighted by Gasteiger charge is -2.25. The second-order valence-corrected chi connectivity index (χ2v) is 2.85. The Kier molecular flexibility index (Phi) is 4.09. The van der Waals surface area contributed by atoms with Gasteiger partial charge in [-0.2, -0.15) is 5.26 Å². The third-order valence-electron chi connectivity index (χ3n) is 2.06. The van der Waals surface area contributed by atoms with Crippen LogP contribution in [-0.2, 0) is 0 Å². The minimum Gasteiger partial charge on any atom is -0.375 e. The Morgan fingerprint density at radius 1 is 1.73 bits per heavy atom. The first-order valence-electron chi connectivity index (χ1n) is 3.89. The van der Waals surface area contributed by atoms with Crippen LogP contribution in [0.1, 0.15) is 20.3 Å². The van der Waals surface area contributed by atoms with Crippen LogP contribution < -0.4 is 5.32 Å². The van der Waals surface area contributed by atoms with Gasteiger partial charge in [0.2, 0.25) is 0 Å². The highest BCUT2D eigenvalue weighted by Gasteiger charge is 2.30. The molecule has 11 heavy (non-hydrogen) atoms. The van der Waals surface area contributed by atoms with Crippen LogP contribution in [0.15, 0.2) is 0 Å². The number of hydrogen-bond acceptors (Lipinski definition) is 3. The van der Waals surface area contributed by atoms with Gasteiger partial charge in [-0.15, -0.1) is 0 Å². The van der Waals surface area contributed by atoms with Crippen molar-refractivity contribution in [3.63, 3.8) is 0 Å². The summed E-state index contributed by atoms with van der Waals surface area (Å²) in [5.41, 5.74) is -1.16. The lowest BCUT2D eigenvalue weighted by atomic mass is 9.88. The largest absolute Gasteiger partial charge is 0.375 e. The molecular weight excluding hydrogens is 140 g/mol. The van der Waals surface area contributed by atoms with Gasteiger partial charge in [-0.25, -0.2) is 0 Å². The van der Waals surface area contributed by atoms with Gasteiger partial charge in [-0.1, -0.05) is 13.8 Å². The Morgan fingerprint density at radius 2 is 2.27 bits per heavy atom. The molecule has 0 aromatic carbocycles. The van der Waals surface area contributed by atoms with E-state index in [0.29, 0.717) is 13.0 Å². The fourth-order valence-electron chi connectivity index (χ4n) is 1.01. The topological polar surface area (TPSA) is 56.0 Å².